The second-order valence-corrected chi connectivity index (χ2v) is 6.89. The summed E-state index contributed by atoms with van der Waals surface area (Å²) in [5.41, 5.74) is 0.189. The van der Waals surface area contributed by atoms with E-state index in [2.05, 4.69) is 10.6 Å². The lowest BCUT2D eigenvalue weighted by Gasteiger charge is -2.18. The highest BCUT2D eigenvalue weighted by molar-refractivity contribution is 6.32. The summed E-state index contributed by atoms with van der Waals surface area (Å²) in [5, 5.41) is 13.9. The molecule has 0 bridgehead atoms. The quantitative estimate of drug-likeness (QED) is 0.552. The van der Waals surface area contributed by atoms with Gasteiger partial charge in [0.25, 0.3) is 11.8 Å². The molecule has 0 fully saturated rings. The van der Waals surface area contributed by atoms with E-state index in [4.69, 9.17) is 16.9 Å². The molecule has 0 heterocycles. The Morgan fingerprint density at radius 3 is 2.33 bits per heavy atom. The summed E-state index contributed by atoms with van der Waals surface area (Å²) in [4.78, 5) is 25.1. The molecule has 0 aliphatic rings. The van der Waals surface area contributed by atoms with Gasteiger partial charge in [-0.05, 0) is 36.8 Å². The molecule has 6 nitrogen and oxygen atoms in total. The van der Waals surface area contributed by atoms with Crippen LogP contribution in [0.3, 0.4) is 0 Å². The van der Waals surface area contributed by atoms with E-state index in [0.29, 0.717) is 29.6 Å². The van der Waals surface area contributed by atoms with Crippen LogP contribution in [0.4, 0.5) is 24.5 Å². The molecule has 0 radical (unpaired) electrons. The van der Waals surface area contributed by atoms with Crippen LogP contribution in [0.25, 0.3) is 0 Å². The third-order valence-corrected chi connectivity index (χ3v) is 4.42. The first-order chi connectivity index (χ1) is 14.2. The van der Waals surface area contributed by atoms with E-state index in [-0.39, 0.29) is 23.7 Å². The molecule has 3 N–H and O–H groups in total. The van der Waals surface area contributed by atoms with Gasteiger partial charge >= 0.3 is 0 Å². The summed E-state index contributed by atoms with van der Waals surface area (Å²) in [6.45, 7) is 2.08. The summed E-state index contributed by atoms with van der Waals surface area (Å²) >= 11 is 5.94. The Balaban J connectivity index is 1.99. The van der Waals surface area contributed by atoms with Crippen molar-refractivity contribution >= 4 is 34.8 Å². The van der Waals surface area contributed by atoms with E-state index in [9.17, 15) is 22.8 Å². The van der Waals surface area contributed by atoms with Crippen molar-refractivity contribution in [2.45, 2.75) is 13.3 Å². The van der Waals surface area contributed by atoms with Gasteiger partial charge in [-0.1, -0.05) is 18.5 Å². The minimum Gasteiger partial charge on any atom is -0.321 e. The van der Waals surface area contributed by atoms with Gasteiger partial charge in [-0.25, -0.2) is 13.2 Å². The molecule has 30 heavy (non-hydrogen) atoms. The number of benzene rings is 2. The van der Waals surface area contributed by atoms with Crippen LogP contribution < -0.4 is 15.5 Å². The molecule has 0 aromatic heterocycles. The number of nitriles is 1. The summed E-state index contributed by atoms with van der Waals surface area (Å²) < 4.78 is 40.0. The van der Waals surface area contributed by atoms with Crippen LogP contribution in [0, 0.1) is 28.8 Å². The normalized spacial score (nSPS) is 11.5. The Labute approximate surface area is 176 Å². The van der Waals surface area contributed by atoms with Crippen molar-refractivity contribution in [1.29, 1.82) is 5.26 Å². The van der Waals surface area contributed by atoms with Crippen LogP contribution in [0.15, 0.2) is 30.3 Å². The van der Waals surface area contributed by atoms with Crippen LogP contribution in [0.2, 0.25) is 5.02 Å². The molecule has 0 aliphatic carbocycles. The first-order valence-corrected chi connectivity index (χ1v) is 9.39. The highest BCUT2D eigenvalue weighted by Crippen LogP contribution is 2.20. The number of halogens is 4. The average Bonchev–Trinajstić information content (AvgIpc) is 2.68. The summed E-state index contributed by atoms with van der Waals surface area (Å²) in [5.74, 6) is -5.58. The Kier molecular flexibility index (Phi) is 8.21. The van der Waals surface area contributed by atoms with Crippen molar-refractivity contribution in [3.05, 3.63) is 58.4 Å². The molecule has 2 amide bonds. The highest BCUT2D eigenvalue weighted by Gasteiger charge is 2.20. The zero-order valence-corrected chi connectivity index (χ0v) is 16.7. The first kappa shape index (κ1) is 23.2. The van der Waals surface area contributed by atoms with Crippen molar-refractivity contribution in [1.82, 2.24) is 0 Å². The van der Waals surface area contributed by atoms with Crippen molar-refractivity contribution in [2.75, 3.05) is 30.3 Å². The van der Waals surface area contributed by atoms with E-state index in [1.54, 1.807) is 0 Å². The molecule has 0 spiro atoms. The molecule has 10 heteroatoms. The van der Waals surface area contributed by atoms with Crippen molar-refractivity contribution < 1.29 is 27.7 Å². The minimum atomic E-state index is -1.67. The van der Waals surface area contributed by atoms with Crippen molar-refractivity contribution in [3.8, 4) is 6.07 Å². The second kappa shape index (κ2) is 10.6. The molecule has 0 saturated heterocycles. The van der Waals surface area contributed by atoms with E-state index in [0.717, 1.165) is 6.07 Å². The van der Waals surface area contributed by atoms with Crippen LogP contribution in [-0.2, 0) is 9.59 Å². The van der Waals surface area contributed by atoms with Gasteiger partial charge in [0.2, 0.25) is 0 Å². The second-order valence-electron chi connectivity index (χ2n) is 6.48. The fourth-order valence-electron chi connectivity index (χ4n) is 2.75. The summed E-state index contributed by atoms with van der Waals surface area (Å²) in [7, 11) is 0. The van der Waals surface area contributed by atoms with E-state index < -0.39 is 35.0 Å². The predicted molar refractivity (Wildman–Crippen MR) is 106 cm³/mol. The molecule has 158 valence electrons. The largest absolute Gasteiger partial charge is 0.321 e. The molecule has 0 saturated carbocycles. The number of amides is 2. The molecule has 0 aliphatic heterocycles. The van der Waals surface area contributed by atoms with Gasteiger partial charge in [-0.15, -0.1) is 0 Å². The molecule has 2 aromatic carbocycles. The number of nitrogens with one attached hydrogen (secondary N) is 3. The van der Waals surface area contributed by atoms with Crippen LogP contribution in [-0.4, -0.2) is 31.4 Å². The lowest BCUT2D eigenvalue weighted by Crippen LogP contribution is -3.14. The number of nitrogens with zero attached hydrogens (tertiary/aromatic N) is 1. The maximum absolute atomic E-state index is 13.7. The maximum atomic E-state index is 13.7. The van der Waals surface area contributed by atoms with Gasteiger partial charge in [0.1, 0.15) is 6.07 Å². The number of quaternary nitrogens is 1. The van der Waals surface area contributed by atoms with Crippen LogP contribution in [0.1, 0.15) is 18.9 Å². The van der Waals surface area contributed by atoms with E-state index in [1.165, 1.54) is 18.2 Å². The van der Waals surface area contributed by atoms with Gasteiger partial charge < -0.3 is 15.5 Å². The van der Waals surface area contributed by atoms with Crippen LogP contribution >= 0.6 is 11.6 Å². The lowest BCUT2D eigenvalue weighted by molar-refractivity contribution is -0.883. The fourth-order valence-corrected chi connectivity index (χ4v) is 2.98. The molecule has 1 unspecified atom stereocenters. The number of hydrogen-bond donors (Lipinski definition) is 3. The van der Waals surface area contributed by atoms with E-state index >= 15 is 0 Å². The molecular weight excluding hydrogens is 421 g/mol. The van der Waals surface area contributed by atoms with Crippen LogP contribution in [0.5, 0.6) is 0 Å². The molecular formula is C20H19ClF3N4O2+. The molecule has 1 atom stereocenters. The first-order valence-electron chi connectivity index (χ1n) is 9.01. The van der Waals surface area contributed by atoms with Gasteiger partial charge in [0, 0.05) is 5.69 Å². The van der Waals surface area contributed by atoms with Crippen molar-refractivity contribution in [3.63, 3.8) is 0 Å². The monoisotopic (exact) mass is 439 g/mol. The predicted octanol–water partition coefficient (Wildman–Crippen LogP) is 2.50. The summed E-state index contributed by atoms with van der Waals surface area (Å²) in [6, 6.07) is 7.98. The average molecular weight is 440 g/mol. The summed E-state index contributed by atoms with van der Waals surface area (Å²) in [6.07, 6.45) is 0.665. The standard InChI is InChI=1S/C20H18ClF3N4O2/c1-2-7-28(10-17(29)26-13-4-3-12(9-25)14(21)8-13)11-18(30)27-16-6-5-15(22)19(23)20(16)24/h3-6,8H,2,7,10-11H2,1H3,(H,26,29)(H,27,30)/p+1. The smallest absolute Gasteiger partial charge is 0.279 e. The van der Waals surface area contributed by atoms with Gasteiger partial charge in [-0.2, -0.15) is 5.26 Å². The maximum Gasteiger partial charge on any atom is 0.279 e. The highest BCUT2D eigenvalue weighted by atomic mass is 35.5. The Morgan fingerprint density at radius 2 is 1.73 bits per heavy atom. The zero-order valence-electron chi connectivity index (χ0n) is 16.0. The fraction of sp³-hybridized carbons (Fsp3) is 0.250. The molecule has 2 aromatic rings. The number of rotatable bonds is 8. The number of hydrogen-bond acceptors (Lipinski definition) is 3. The number of anilines is 2. The Bertz CT molecular complexity index is 995. The van der Waals surface area contributed by atoms with Gasteiger partial charge in [0.15, 0.2) is 30.5 Å². The number of carbonyl (C=O) groups excluding carboxylic acids is 2. The van der Waals surface area contributed by atoms with Crippen molar-refractivity contribution in [2.24, 2.45) is 0 Å². The lowest BCUT2D eigenvalue weighted by atomic mass is 10.2. The van der Waals surface area contributed by atoms with E-state index in [1.807, 2.05) is 13.0 Å². The van der Waals surface area contributed by atoms with Gasteiger partial charge in [0.05, 0.1) is 22.8 Å². The Morgan fingerprint density at radius 1 is 1.07 bits per heavy atom. The zero-order chi connectivity index (χ0) is 22.3. The Hall–Kier alpha value is -3.09. The third-order valence-electron chi connectivity index (χ3n) is 4.11. The topological polar surface area (TPSA) is 86.4 Å². The third kappa shape index (κ3) is 6.20. The minimum absolute atomic E-state index is 0.0703. The van der Waals surface area contributed by atoms with Gasteiger partial charge in [-0.3, -0.25) is 9.59 Å². The SMILES string of the molecule is CCC[NH+](CC(=O)Nc1ccc(C#N)c(Cl)c1)CC(=O)Nc1ccc(F)c(F)c1F. The molecule has 2 rings (SSSR count). The number of carbonyl (C=O) groups is 2.